The topological polar surface area (TPSA) is 41.1 Å². The predicted molar refractivity (Wildman–Crippen MR) is 88.2 cm³/mol. The van der Waals surface area contributed by atoms with Gasteiger partial charge < -0.3 is 10.6 Å². The van der Waals surface area contributed by atoms with E-state index in [1.165, 1.54) is 32.1 Å². The van der Waals surface area contributed by atoms with E-state index in [0.717, 1.165) is 44.8 Å². The molecule has 3 nitrogen and oxygen atoms in total. The third-order valence-electron chi connectivity index (χ3n) is 5.85. The fourth-order valence-corrected chi connectivity index (χ4v) is 4.55. The molecule has 1 saturated heterocycles. The van der Waals surface area contributed by atoms with E-state index in [-0.39, 0.29) is 5.41 Å². The average Bonchev–Trinajstić information content (AvgIpc) is 2.93. The molecule has 21 heavy (non-hydrogen) atoms. The van der Waals surface area contributed by atoms with Gasteiger partial charge in [-0.1, -0.05) is 33.6 Å². The molecular weight excluding hydrogens is 260 g/mol. The molecule has 2 N–H and O–H groups in total. The van der Waals surface area contributed by atoms with E-state index in [1.54, 1.807) is 0 Å². The summed E-state index contributed by atoms with van der Waals surface area (Å²) >= 11 is 0. The zero-order valence-corrected chi connectivity index (χ0v) is 14.3. The number of nitrogens with one attached hydrogen (secondary N) is 2. The predicted octanol–water partition coefficient (Wildman–Crippen LogP) is 3.49. The number of rotatable bonds is 6. The molecule has 0 spiro atoms. The monoisotopic (exact) mass is 294 g/mol. The van der Waals surface area contributed by atoms with Crippen molar-refractivity contribution >= 4 is 5.91 Å². The zero-order valence-electron chi connectivity index (χ0n) is 14.3. The molecule has 0 radical (unpaired) electrons. The van der Waals surface area contributed by atoms with Crippen LogP contribution in [0.3, 0.4) is 0 Å². The summed E-state index contributed by atoms with van der Waals surface area (Å²) in [6, 6.07) is 0. The van der Waals surface area contributed by atoms with Crippen molar-refractivity contribution in [1.29, 1.82) is 0 Å². The maximum absolute atomic E-state index is 12.8. The highest BCUT2D eigenvalue weighted by Crippen LogP contribution is 2.43. The molecule has 0 aromatic carbocycles. The van der Waals surface area contributed by atoms with Gasteiger partial charge in [-0.15, -0.1) is 0 Å². The summed E-state index contributed by atoms with van der Waals surface area (Å²) in [6.45, 7) is 9.66. The smallest absolute Gasteiger partial charge is 0.226 e. The van der Waals surface area contributed by atoms with Gasteiger partial charge in [0.15, 0.2) is 0 Å². The van der Waals surface area contributed by atoms with Crippen LogP contribution in [0.15, 0.2) is 0 Å². The van der Waals surface area contributed by atoms with Gasteiger partial charge in [0.1, 0.15) is 0 Å². The van der Waals surface area contributed by atoms with Crippen LogP contribution in [-0.2, 0) is 4.79 Å². The molecule has 2 aliphatic rings. The zero-order chi connectivity index (χ0) is 15.3. The van der Waals surface area contributed by atoms with Crippen molar-refractivity contribution in [2.24, 2.45) is 16.7 Å². The van der Waals surface area contributed by atoms with Crippen LogP contribution in [-0.4, -0.2) is 25.5 Å². The van der Waals surface area contributed by atoms with Gasteiger partial charge in [-0.05, 0) is 62.9 Å². The summed E-state index contributed by atoms with van der Waals surface area (Å²) < 4.78 is 0. The van der Waals surface area contributed by atoms with Crippen molar-refractivity contribution in [3.05, 3.63) is 0 Å². The summed E-state index contributed by atoms with van der Waals surface area (Å²) in [6.07, 6.45) is 9.49. The van der Waals surface area contributed by atoms with Crippen LogP contribution in [0.1, 0.15) is 72.1 Å². The third kappa shape index (κ3) is 4.00. The molecule has 0 aromatic heterocycles. The molecule has 3 heteroatoms. The molecule has 122 valence electrons. The van der Waals surface area contributed by atoms with Gasteiger partial charge in [0.2, 0.25) is 5.91 Å². The van der Waals surface area contributed by atoms with Gasteiger partial charge in [-0.3, -0.25) is 4.79 Å². The normalized spacial score (nSPS) is 24.2. The van der Waals surface area contributed by atoms with E-state index in [4.69, 9.17) is 0 Å². The second-order valence-corrected chi connectivity index (χ2v) is 7.87. The highest BCUT2D eigenvalue weighted by atomic mass is 16.2. The van der Waals surface area contributed by atoms with Crippen molar-refractivity contribution in [1.82, 2.24) is 10.6 Å². The minimum Gasteiger partial charge on any atom is -0.355 e. The summed E-state index contributed by atoms with van der Waals surface area (Å²) in [5.41, 5.74) is 0.272. The number of hydrogen-bond donors (Lipinski definition) is 2. The lowest BCUT2D eigenvalue weighted by atomic mass is 9.74. The SMILES string of the molecule is CCC1(C(=O)NCC2(CC(C)C)CCCC2)CCNCC1. The number of hydrogen-bond acceptors (Lipinski definition) is 2. The van der Waals surface area contributed by atoms with E-state index in [2.05, 4.69) is 31.4 Å². The Balaban J connectivity index is 1.94. The van der Waals surface area contributed by atoms with E-state index in [0.29, 0.717) is 11.3 Å². The van der Waals surface area contributed by atoms with Crippen LogP contribution < -0.4 is 10.6 Å². The molecule has 2 rings (SSSR count). The van der Waals surface area contributed by atoms with Crippen molar-refractivity contribution in [3.8, 4) is 0 Å². The Morgan fingerprint density at radius 1 is 1.14 bits per heavy atom. The number of amides is 1. The Hall–Kier alpha value is -0.570. The lowest BCUT2D eigenvalue weighted by Crippen LogP contribution is -2.49. The second-order valence-electron chi connectivity index (χ2n) is 7.87. The Kier molecular flexibility index (Phi) is 5.70. The lowest BCUT2D eigenvalue weighted by molar-refractivity contribution is -0.133. The van der Waals surface area contributed by atoms with E-state index in [9.17, 15) is 4.79 Å². The molecule has 1 aliphatic carbocycles. The highest BCUT2D eigenvalue weighted by molar-refractivity contribution is 5.82. The minimum absolute atomic E-state index is 0.108. The quantitative estimate of drug-likeness (QED) is 0.787. The fourth-order valence-electron chi connectivity index (χ4n) is 4.55. The molecule has 0 aromatic rings. The molecule has 1 heterocycles. The Morgan fingerprint density at radius 2 is 1.76 bits per heavy atom. The summed E-state index contributed by atoms with van der Waals surface area (Å²) in [7, 11) is 0. The van der Waals surface area contributed by atoms with Crippen molar-refractivity contribution in [3.63, 3.8) is 0 Å². The van der Waals surface area contributed by atoms with E-state index >= 15 is 0 Å². The van der Waals surface area contributed by atoms with Crippen LogP contribution in [0.5, 0.6) is 0 Å². The lowest BCUT2D eigenvalue weighted by Gasteiger charge is -2.38. The Labute approximate surface area is 130 Å². The van der Waals surface area contributed by atoms with Gasteiger partial charge >= 0.3 is 0 Å². The molecule has 1 saturated carbocycles. The second kappa shape index (κ2) is 7.13. The van der Waals surface area contributed by atoms with Crippen molar-refractivity contribution < 1.29 is 4.79 Å². The maximum atomic E-state index is 12.8. The largest absolute Gasteiger partial charge is 0.355 e. The summed E-state index contributed by atoms with van der Waals surface area (Å²) in [5.74, 6) is 1.04. The van der Waals surface area contributed by atoms with Gasteiger partial charge in [0, 0.05) is 6.54 Å². The summed E-state index contributed by atoms with van der Waals surface area (Å²) in [5, 5.41) is 6.75. The first-order chi connectivity index (χ1) is 10.0. The van der Waals surface area contributed by atoms with Crippen molar-refractivity contribution in [2.45, 2.75) is 72.1 Å². The van der Waals surface area contributed by atoms with Gasteiger partial charge in [-0.2, -0.15) is 0 Å². The first kappa shape index (κ1) is 16.8. The van der Waals surface area contributed by atoms with Crippen LogP contribution >= 0.6 is 0 Å². The first-order valence-corrected chi connectivity index (χ1v) is 9.01. The molecule has 2 fully saturated rings. The highest BCUT2D eigenvalue weighted by Gasteiger charge is 2.40. The average molecular weight is 294 g/mol. The maximum Gasteiger partial charge on any atom is 0.226 e. The first-order valence-electron chi connectivity index (χ1n) is 9.01. The molecule has 0 bridgehead atoms. The number of piperidine rings is 1. The van der Waals surface area contributed by atoms with Crippen LogP contribution in [0.4, 0.5) is 0 Å². The van der Waals surface area contributed by atoms with E-state index in [1.807, 2.05) is 0 Å². The fraction of sp³-hybridized carbons (Fsp3) is 0.944. The van der Waals surface area contributed by atoms with E-state index < -0.39 is 0 Å². The van der Waals surface area contributed by atoms with Crippen LogP contribution in [0.2, 0.25) is 0 Å². The molecular formula is C18H34N2O. The Bertz CT molecular complexity index is 339. The van der Waals surface area contributed by atoms with Crippen molar-refractivity contribution in [2.75, 3.05) is 19.6 Å². The number of carbonyl (C=O) groups excluding carboxylic acids is 1. The van der Waals surface area contributed by atoms with Crippen LogP contribution in [0, 0.1) is 16.7 Å². The molecule has 1 aliphatic heterocycles. The summed E-state index contributed by atoms with van der Waals surface area (Å²) in [4.78, 5) is 12.8. The van der Waals surface area contributed by atoms with Gasteiger partial charge in [0.25, 0.3) is 0 Å². The molecule has 1 amide bonds. The van der Waals surface area contributed by atoms with Gasteiger partial charge in [0.05, 0.1) is 5.41 Å². The Morgan fingerprint density at radius 3 is 2.29 bits per heavy atom. The molecule has 0 atom stereocenters. The number of carbonyl (C=O) groups is 1. The standard InChI is InChI=1S/C18H34N2O/c1-4-18(9-11-19-12-10-18)16(21)20-14-17(13-15(2)3)7-5-6-8-17/h15,19H,4-14H2,1-3H3,(H,20,21). The minimum atomic E-state index is -0.108. The third-order valence-corrected chi connectivity index (χ3v) is 5.85. The van der Waals surface area contributed by atoms with Gasteiger partial charge in [-0.25, -0.2) is 0 Å². The molecule has 0 unspecified atom stereocenters. The van der Waals surface area contributed by atoms with Crippen LogP contribution in [0.25, 0.3) is 0 Å².